The fraction of sp³-hybridized carbons (Fsp3) is 0.889. The SMILES string of the molecule is CCCCCCCCCCCN(CCCCCCCCCCC)CCOC(CN(CCCCCCCCCCC)CCCCCCCCCCC)Oc1ccc(O)cc1. The molecule has 5 heteroatoms. The van der Waals surface area contributed by atoms with Crippen molar-refractivity contribution in [1.29, 1.82) is 0 Å². The second-order valence-electron chi connectivity index (χ2n) is 18.4. The molecule has 348 valence electrons. The number of benzene rings is 1. The summed E-state index contributed by atoms with van der Waals surface area (Å²) in [7, 11) is 0. The Hall–Kier alpha value is -1.30. The minimum atomic E-state index is -0.320. The fourth-order valence-electron chi connectivity index (χ4n) is 8.54. The lowest BCUT2D eigenvalue weighted by Crippen LogP contribution is -2.40. The van der Waals surface area contributed by atoms with Gasteiger partial charge in [-0.2, -0.15) is 0 Å². The van der Waals surface area contributed by atoms with Crippen molar-refractivity contribution in [3.05, 3.63) is 24.3 Å². The molecule has 1 atom stereocenters. The molecule has 59 heavy (non-hydrogen) atoms. The first-order chi connectivity index (χ1) is 29.1. The van der Waals surface area contributed by atoms with E-state index in [1.807, 2.05) is 12.1 Å². The molecule has 0 heterocycles. The van der Waals surface area contributed by atoms with Crippen molar-refractivity contribution in [3.63, 3.8) is 0 Å². The van der Waals surface area contributed by atoms with Gasteiger partial charge in [0.15, 0.2) is 0 Å². The molecular weight excluding hydrogens is 725 g/mol. The van der Waals surface area contributed by atoms with Gasteiger partial charge in [0, 0.05) is 6.54 Å². The monoisotopic (exact) mass is 829 g/mol. The van der Waals surface area contributed by atoms with Crippen molar-refractivity contribution in [3.8, 4) is 11.5 Å². The molecule has 0 aromatic heterocycles. The number of nitrogens with zero attached hydrogens (tertiary/aromatic N) is 2. The highest BCUT2D eigenvalue weighted by molar-refractivity contribution is 5.30. The maximum atomic E-state index is 9.99. The molecule has 0 fully saturated rings. The van der Waals surface area contributed by atoms with E-state index < -0.39 is 0 Å². The van der Waals surface area contributed by atoms with Crippen LogP contribution < -0.4 is 4.74 Å². The van der Waals surface area contributed by atoms with Crippen LogP contribution in [-0.2, 0) is 4.74 Å². The average molecular weight is 829 g/mol. The Morgan fingerprint density at radius 2 is 0.661 bits per heavy atom. The van der Waals surface area contributed by atoms with Crippen LogP contribution in [0.25, 0.3) is 0 Å². The summed E-state index contributed by atoms with van der Waals surface area (Å²) >= 11 is 0. The van der Waals surface area contributed by atoms with Gasteiger partial charge in [-0.1, -0.05) is 233 Å². The molecule has 0 spiro atoms. The number of phenols is 1. The van der Waals surface area contributed by atoms with Gasteiger partial charge in [0.2, 0.25) is 6.29 Å². The van der Waals surface area contributed by atoms with Crippen molar-refractivity contribution < 1.29 is 14.6 Å². The summed E-state index contributed by atoms with van der Waals surface area (Å²) in [5, 5.41) is 9.99. The second kappa shape index (κ2) is 44.7. The van der Waals surface area contributed by atoms with E-state index in [9.17, 15) is 5.11 Å². The van der Waals surface area contributed by atoms with E-state index in [-0.39, 0.29) is 12.0 Å². The summed E-state index contributed by atoms with van der Waals surface area (Å²) in [5.74, 6) is 1.05. The zero-order chi connectivity index (χ0) is 42.5. The number of unbranched alkanes of at least 4 members (excludes halogenated alkanes) is 32. The Morgan fingerprint density at radius 1 is 0.373 bits per heavy atom. The van der Waals surface area contributed by atoms with Crippen LogP contribution in [0.4, 0.5) is 0 Å². The minimum absolute atomic E-state index is 0.274. The van der Waals surface area contributed by atoms with Crippen molar-refractivity contribution in [2.45, 2.75) is 265 Å². The number of aromatic hydroxyl groups is 1. The van der Waals surface area contributed by atoms with Gasteiger partial charge in [-0.15, -0.1) is 0 Å². The normalized spacial score (nSPS) is 12.3. The van der Waals surface area contributed by atoms with Gasteiger partial charge in [-0.3, -0.25) is 4.90 Å². The topological polar surface area (TPSA) is 45.2 Å². The first-order valence-electron chi connectivity index (χ1n) is 26.6. The summed E-state index contributed by atoms with van der Waals surface area (Å²) in [6.45, 7) is 16.3. The molecule has 1 rings (SSSR count). The Morgan fingerprint density at radius 3 is 0.983 bits per heavy atom. The van der Waals surface area contributed by atoms with Crippen LogP contribution in [0.5, 0.6) is 11.5 Å². The van der Waals surface area contributed by atoms with Crippen LogP contribution in [0.15, 0.2) is 24.3 Å². The molecule has 5 nitrogen and oxygen atoms in total. The van der Waals surface area contributed by atoms with Gasteiger partial charge in [0.25, 0.3) is 0 Å². The lowest BCUT2D eigenvalue weighted by atomic mass is 10.1. The number of ether oxygens (including phenoxy) is 2. The second-order valence-corrected chi connectivity index (χ2v) is 18.4. The van der Waals surface area contributed by atoms with E-state index in [0.717, 1.165) is 31.9 Å². The largest absolute Gasteiger partial charge is 0.508 e. The Kier molecular flexibility index (Phi) is 42.3. The Bertz CT molecular complexity index is 898. The third-order valence-corrected chi connectivity index (χ3v) is 12.5. The zero-order valence-electron chi connectivity index (χ0n) is 40.5. The molecule has 0 bridgehead atoms. The van der Waals surface area contributed by atoms with Crippen LogP contribution >= 0.6 is 0 Å². The standard InChI is InChI=1S/C54H104N2O3/c1-5-9-13-17-21-25-29-33-37-45-55(46-38-34-30-26-22-18-14-10-6-2)49-50-58-54(59-53-43-41-52(57)42-44-53)51-56(47-39-35-31-27-23-19-15-11-7-3)48-40-36-32-28-24-20-16-12-8-4/h41-44,54,57H,5-40,45-51H2,1-4H3. The molecule has 1 N–H and O–H groups in total. The maximum absolute atomic E-state index is 9.99. The van der Waals surface area contributed by atoms with Gasteiger partial charge in [-0.25, -0.2) is 0 Å². The predicted octanol–water partition coefficient (Wildman–Crippen LogP) is 16.8. The first-order valence-corrected chi connectivity index (χ1v) is 26.6. The minimum Gasteiger partial charge on any atom is -0.508 e. The van der Waals surface area contributed by atoms with Crippen LogP contribution in [0.2, 0.25) is 0 Å². The molecule has 1 unspecified atom stereocenters. The lowest BCUT2D eigenvalue weighted by molar-refractivity contribution is -0.0997. The fourth-order valence-corrected chi connectivity index (χ4v) is 8.54. The molecule has 1 aromatic rings. The molecular formula is C54H104N2O3. The van der Waals surface area contributed by atoms with E-state index in [1.54, 1.807) is 12.1 Å². The summed E-state index contributed by atoms with van der Waals surface area (Å²) in [6.07, 6.45) is 48.9. The maximum Gasteiger partial charge on any atom is 0.212 e. The molecule has 0 aliphatic rings. The van der Waals surface area contributed by atoms with E-state index in [2.05, 4.69) is 37.5 Å². The lowest BCUT2D eigenvalue weighted by Gasteiger charge is -2.29. The predicted molar refractivity (Wildman–Crippen MR) is 260 cm³/mol. The van der Waals surface area contributed by atoms with E-state index in [1.165, 1.54) is 244 Å². The summed E-state index contributed by atoms with van der Waals surface area (Å²) in [4.78, 5) is 5.35. The van der Waals surface area contributed by atoms with Crippen molar-refractivity contribution >= 4 is 0 Å². The quantitative estimate of drug-likeness (QED) is 0.0524. The highest BCUT2D eigenvalue weighted by atomic mass is 16.7. The van der Waals surface area contributed by atoms with Crippen LogP contribution in [0.3, 0.4) is 0 Å². The van der Waals surface area contributed by atoms with Gasteiger partial charge in [0.1, 0.15) is 11.5 Å². The third-order valence-electron chi connectivity index (χ3n) is 12.5. The van der Waals surface area contributed by atoms with Crippen LogP contribution in [0.1, 0.15) is 259 Å². The summed E-state index contributed by atoms with van der Waals surface area (Å²) in [6, 6.07) is 7.23. The molecule has 0 saturated heterocycles. The molecule has 1 aromatic carbocycles. The number of hydrogen-bond acceptors (Lipinski definition) is 5. The summed E-state index contributed by atoms with van der Waals surface area (Å²) < 4.78 is 13.3. The molecule has 0 aliphatic carbocycles. The molecule has 0 saturated carbocycles. The van der Waals surface area contributed by atoms with Gasteiger partial charge >= 0.3 is 0 Å². The highest BCUT2D eigenvalue weighted by Gasteiger charge is 2.18. The Labute approximate surface area is 369 Å². The molecule has 0 amide bonds. The molecule has 0 radical (unpaired) electrons. The third kappa shape index (κ3) is 38.1. The summed E-state index contributed by atoms with van der Waals surface area (Å²) in [5.41, 5.74) is 0. The van der Waals surface area contributed by atoms with E-state index >= 15 is 0 Å². The number of hydrogen-bond donors (Lipinski definition) is 1. The highest BCUT2D eigenvalue weighted by Crippen LogP contribution is 2.20. The first kappa shape index (κ1) is 55.7. The van der Waals surface area contributed by atoms with Gasteiger partial charge < -0.3 is 19.5 Å². The van der Waals surface area contributed by atoms with Crippen molar-refractivity contribution in [1.82, 2.24) is 9.80 Å². The van der Waals surface area contributed by atoms with Gasteiger partial charge in [0.05, 0.1) is 13.2 Å². The molecule has 0 aliphatic heterocycles. The van der Waals surface area contributed by atoms with E-state index in [0.29, 0.717) is 6.61 Å². The van der Waals surface area contributed by atoms with Crippen molar-refractivity contribution in [2.75, 3.05) is 45.9 Å². The number of phenolic OH excluding ortho intramolecular Hbond substituents is 1. The average Bonchev–Trinajstić information content (AvgIpc) is 3.24. The van der Waals surface area contributed by atoms with Crippen molar-refractivity contribution in [2.24, 2.45) is 0 Å². The Balaban J connectivity index is 2.81. The van der Waals surface area contributed by atoms with Crippen LogP contribution in [0, 0.1) is 0 Å². The van der Waals surface area contributed by atoms with Crippen LogP contribution in [-0.4, -0.2) is 67.1 Å². The van der Waals surface area contributed by atoms with Gasteiger partial charge in [-0.05, 0) is 76.1 Å². The number of rotatable bonds is 48. The smallest absolute Gasteiger partial charge is 0.212 e. The zero-order valence-corrected chi connectivity index (χ0v) is 40.5. The van der Waals surface area contributed by atoms with E-state index in [4.69, 9.17) is 9.47 Å².